The highest BCUT2D eigenvalue weighted by Crippen LogP contribution is 2.20. The van der Waals surface area contributed by atoms with Gasteiger partial charge in [-0.2, -0.15) is 0 Å². The maximum Gasteiger partial charge on any atom is 0.217 e. The molecule has 0 aromatic heterocycles. The summed E-state index contributed by atoms with van der Waals surface area (Å²) in [6.07, 6.45) is 2.71. The van der Waals surface area contributed by atoms with Crippen molar-refractivity contribution in [3.8, 4) is 5.75 Å². The van der Waals surface area contributed by atoms with Crippen LogP contribution in [0.15, 0.2) is 29.3 Å². The van der Waals surface area contributed by atoms with Crippen LogP contribution in [0.3, 0.4) is 0 Å². The Bertz CT molecular complexity index is 622. The molecule has 1 fully saturated rings. The summed E-state index contributed by atoms with van der Waals surface area (Å²) in [5.41, 5.74) is 6.49. The van der Waals surface area contributed by atoms with Crippen molar-refractivity contribution in [2.75, 3.05) is 19.6 Å². The number of hydrogen-bond donors (Lipinski definition) is 2. The SMILES string of the molecule is CCNC(=NCc1cccc(OC(C)C)c1)N1CCCC(CC(N)=O)C1.I. The minimum absolute atomic E-state index is 0. The Morgan fingerprint density at radius 3 is 2.89 bits per heavy atom. The number of nitrogens with two attached hydrogens (primary N) is 1. The molecule has 1 aliphatic heterocycles. The fraction of sp³-hybridized carbons (Fsp3) is 0.600. The van der Waals surface area contributed by atoms with Crippen LogP contribution >= 0.6 is 24.0 Å². The summed E-state index contributed by atoms with van der Waals surface area (Å²) in [7, 11) is 0. The van der Waals surface area contributed by atoms with E-state index < -0.39 is 0 Å². The highest BCUT2D eigenvalue weighted by molar-refractivity contribution is 14.0. The number of halogens is 1. The van der Waals surface area contributed by atoms with E-state index in [0.717, 1.165) is 49.7 Å². The van der Waals surface area contributed by atoms with Gasteiger partial charge in [0, 0.05) is 26.1 Å². The number of carbonyl (C=O) groups excluding carboxylic acids is 1. The van der Waals surface area contributed by atoms with Gasteiger partial charge in [0.05, 0.1) is 12.6 Å². The molecule has 7 heteroatoms. The topological polar surface area (TPSA) is 80.0 Å². The van der Waals surface area contributed by atoms with Gasteiger partial charge in [-0.05, 0) is 57.2 Å². The molecule has 1 unspecified atom stereocenters. The van der Waals surface area contributed by atoms with Crippen molar-refractivity contribution >= 4 is 35.8 Å². The van der Waals surface area contributed by atoms with E-state index in [9.17, 15) is 4.79 Å². The quantitative estimate of drug-likeness (QED) is 0.351. The van der Waals surface area contributed by atoms with Crippen LogP contribution in [0, 0.1) is 5.92 Å². The molecule has 1 heterocycles. The number of nitrogens with one attached hydrogen (secondary N) is 1. The summed E-state index contributed by atoms with van der Waals surface area (Å²) in [5.74, 6) is 1.86. The number of rotatable bonds is 7. The smallest absolute Gasteiger partial charge is 0.217 e. The minimum atomic E-state index is -0.222. The minimum Gasteiger partial charge on any atom is -0.491 e. The maximum absolute atomic E-state index is 11.2. The van der Waals surface area contributed by atoms with Gasteiger partial charge in [0.25, 0.3) is 0 Å². The Balaban J connectivity index is 0.00000364. The van der Waals surface area contributed by atoms with E-state index in [1.54, 1.807) is 0 Å². The van der Waals surface area contributed by atoms with E-state index in [0.29, 0.717) is 18.9 Å². The van der Waals surface area contributed by atoms with Crippen molar-refractivity contribution in [1.29, 1.82) is 0 Å². The summed E-state index contributed by atoms with van der Waals surface area (Å²) in [6, 6.07) is 8.07. The molecule has 152 valence electrons. The average Bonchev–Trinajstić information content (AvgIpc) is 2.58. The first-order valence-corrected chi connectivity index (χ1v) is 9.55. The van der Waals surface area contributed by atoms with Gasteiger partial charge in [0.2, 0.25) is 5.91 Å². The lowest BCUT2D eigenvalue weighted by Gasteiger charge is -2.34. The van der Waals surface area contributed by atoms with E-state index in [1.807, 2.05) is 32.0 Å². The van der Waals surface area contributed by atoms with Crippen molar-refractivity contribution in [3.63, 3.8) is 0 Å². The first-order valence-electron chi connectivity index (χ1n) is 9.55. The second-order valence-corrected chi connectivity index (χ2v) is 7.11. The average molecular weight is 488 g/mol. The van der Waals surface area contributed by atoms with Crippen LogP contribution in [0.2, 0.25) is 0 Å². The zero-order valence-corrected chi connectivity index (χ0v) is 18.9. The zero-order valence-electron chi connectivity index (χ0n) is 16.6. The van der Waals surface area contributed by atoms with Gasteiger partial charge in [-0.15, -0.1) is 24.0 Å². The predicted molar refractivity (Wildman–Crippen MR) is 121 cm³/mol. The molecule has 1 aliphatic rings. The zero-order chi connectivity index (χ0) is 18.9. The van der Waals surface area contributed by atoms with E-state index in [2.05, 4.69) is 23.2 Å². The van der Waals surface area contributed by atoms with Crippen LogP contribution in [0.4, 0.5) is 0 Å². The molecular weight excluding hydrogens is 455 g/mol. The maximum atomic E-state index is 11.2. The number of piperidine rings is 1. The molecule has 27 heavy (non-hydrogen) atoms. The standard InChI is InChI=1S/C20H32N4O2.HI/c1-4-22-20(24-10-6-8-17(14-24)12-19(21)25)23-13-16-7-5-9-18(11-16)26-15(2)3;/h5,7,9,11,15,17H,4,6,8,10,12-14H2,1-3H3,(H2,21,25)(H,22,23);1H. The summed E-state index contributed by atoms with van der Waals surface area (Å²) in [5, 5.41) is 3.37. The Kier molecular flexibility index (Phi) is 10.5. The van der Waals surface area contributed by atoms with E-state index in [-0.39, 0.29) is 36.0 Å². The third-order valence-corrected chi connectivity index (χ3v) is 4.32. The lowest BCUT2D eigenvalue weighted by atomic mass is 9.95. The summed E-state index contributed by atoms with van der Waals surface area (Å²) >= 11 is 0. The van der Waals surface area contributed by atoms with Crippen LogP contribution < -0.4 is 15.8 Å². The summed E-state index contributed by atoms with van der Waals surface area (Å²) in [6.45, 7) is 9.29. The lowest BCUT2D eigenvalue weighted by Crippen LogP contribution is -2.47. The van der Waals surface area contributed by atoms with Crippen LogP contribution in [-0.4, -0.2) is 42.5 Å². The predicted octanol–water partition coefficient (Wildman–Crippen LogP) is 3.14. The molecule has 3 N–H and O–H groups in total. The number of nitrogens with zero attached hydrogens (tertiary/aromatic N) is 2. The van der Waals surface area contributed by atoms with Crippen molar-refractivity contribution in [2.45, 2.75) is 52.7 Å². The number of carbonyl (C=O) groups is 1. The highest BCUT2D eigenvalue weighted by Gasteiger charge is 2.23. The normalized spacial score (nSPS) is 17.4. The second kappa shape index (κ2) is 12.0. The molecule has 0 saturated carbocycles. The summed E-state index contributed by atoms with van der Waals surface area (Å²) in [4.78, 5) is 18.3. The van der Waals surface area contributed by atoms with Crippen LogP contribution in [0.25, 0.3) is 0 Å². The van der Waals surface area contributed by atoms with Crippen LogP contribution in [0.1, 0.15) is 45.6 Å². The largest absolute Gasteiger partial charge is 0.491 e. The molecule has 0 radical (unpaired) electrons. The number of likely N-dealkylation sites (tertiary alicyclic amines) is 1. The number of guanidine groups is 1. The highest BCUT2D eigenvalue weighted by atomic mass is 127. The van der Waals surface area contributed by atoms with Crippen molar-refractivity contribution in [2.24, 2.45) is 16.6 Å². The summed E-state index contributed by atoms with van der Waals surface area (Å²) < 4.78 is 5.76. The number of amides is 1. The number of aliphatic imine (C=N–C) groups is 1. The Hall–Kier alpha value is -1.51. The van der Waals surface area contributed by atoms with Crippen LogP contribution in [0.5, 0.6) is 5.75 Å². The number of benzene rings is 1. The Morgan fingerprint density at radius 2 is 2.22 bits per heavy atom. The number of hydrogen-bond acceptors (Lipinski definition) is 3. The van der Waals surface area contributed by atoms with Gasteiger partial charge in [0.15, 0.2) is 5.96 Å². The van der Waals surface area contributed by atoms with Crippen molar-refractivity contribution in [1.82, 2.24) is 10.2 Å². The molecule has 0 aliphatic carbocycles. The Morgan fingerprint density at radius 1 is 1.44 bits per heavy atom. The number of ether oxygens (including phenoxy) is 1. The fourth-order valence-corrected chi connectivity index (χ4v) is 3.29. The molecule has 1 aromatic rings. The van der Waals surface area contributed by atoms with E-state index >= 15 is 0 Å². The second-order valence-electron chi connectivity index (χ2n) is 7.11. The third-order valence-electron chi connectivity index (χ3n) is 4.32. The molecule has 0 spiro atoms. The molecule has 2 rings (SSSR count). The molecule has 1 amide bonds. The first kappa shape index (κ1) is 23.5. The van der Waals surface area contributed by atoms with Gasteiger partial charge in [-0.1, -0.05) is 12.1 Å². The van der Waals surface area contributed by atoms with E-state index in [4.69, 9.17) is 15.5 Å². The first-order chi connectivity index (χ1) is 12.5. The van der Waals surface area contributed by atoms with Gasteiger partial charge >= 0.3 is 0 Å². The molecule has 6 nitrogen and oxygen atoms in total. The fourth-order valence-electron chi connectivity index (χ4n) is 3.29. The van der Waals surface area contributed by atoms with Gasteiger partial charge in [0.1, 0.15) is 5.75 Å². The van der Waals surface area contributed by atoms with E-state index in [1.165, 1.54) is 0 Å². The number of primary amides is 1. The van der Waals surface area contributed by atoms with Gasteiger partial charge in [-0.25, -0.2) is 4.99 Å². The molecule has 0 bridgehead atoms. The molecule has 1 aromatic carbocycles. The Labute approximate surface area is 179 Å². The molecule has 1 atom stereocenters. The van der Waals surface area contributed by atoms with Crippen LogP contribution in [-0.2, 0) is 11.3 Å². The third kappa shape index (κ3) is 8.36. The lowest BCUT2D eigenvalue weighted by molar-refractivity contribution is -0.119. The monoisotopic (exact) mass is 488 g/mol. The molecular formula is C20H33IN4O2. The van der Waals surface area contributed by atoms with Crippen molar-refractivity contribution in [3.05, 3.63) is 29.8 Å². The van der Waals surface area contributed by atoms with Crippen molar-refractivity contribution < 1.29 is 9.53 Å². The van der Waals surface area contributed by atoms with Gasteiger partial charge in [-0.3, -0.25) is 4.79 Å². The van der Waals surface area contributed by atoms with Gasteiger partial charge < -0.3 is 20.7 Å². The molecule has 1 saturated heterocycles.